The number of piperidine rings is 1. The molecule has 2 amide bonds. The Morgan fingerprint density at radius 1 is 1.10 bits per heavy atom. The van der Waals surface area contributed by atoms with Crippen molar-refractivity contribution in [2.75, 3.05) is 13.1 Å². The number of carbonyl (C=O) groups excluding carboxylic acids is 2. The number of alkyl halides is 6. The lowest BCUT2D eigenvalue weighted by atomic mass is 9.78. The number of hydrogen-bond donors (Lipinski definition) is 2. The third-order valence-corrected chi connectivity index (χ3v) is 10.2. The summed E-state index contributed by atoms with van der Waals surface area (Å²) in [6, 6.07) is 4.86. The van der Waals surface area contributed by atoms with Crippen LogP contribution in [0.2, 0.25) is 5.02 Å². The first-order valence-electron chi connectivity index (χ1n) is 15.7. The van der Waals surface area contributed by atoms with E-state index in [0.29, 0.717) is 34.6 Å². The smallest absolute Gasteiger partial charge is 0.425 e. The van der Waals surface area contributed by atoms with Crippen molar-refractivity contribution >= 4 is 40.7 Å². The van der Waals surface area contributed by atoms with Gasteiger partial charge >= 0.3 is 18.3 Å². The molecule has 270 valence electrons. The van der Waals surface area contributed by atoms with Crippen LogP contribution in [0.3, 0.4) is 0 Å². The minimum Gasteiger partial charge on any atom is -0.479 e. The molecule has 0 saturated carbocycles. The van der Waals surface area contributed by atoms with Gasteiger partial charge in [-0.2, -0.15) is 26.3 Å². The number of aliphatic hydroxyl groups is 1. The number of halogens is 7. The molecule has 2 aliphatic heterocycles. The molecule has 3 aromatic rings. The molecule has 2 aliphatic rings. The molecule has 1 unspecified atom stereocenters. The van der Waals surface area contributed by atoms with E-state index in [2.05, 4.69) is 4.98 Å². The Bertz CT molecular complexity index is 1750. The van der Waals surface area contributed by atoms with Crippen LogP contribution in [0.25, 0.3) is 0 Å². The molecule has 1 saturated heterocycles. The first kappa shape index (κ1) is 37.4. The van der Waals surface area contributed by atoms with Crippen molar-refractivity contribution in [1.29, 1.82) is 0 Å². The van der Waals surface area contributed by atoms with Gasteiger partial charge in [-0.05, 0) is 54.7 Å². The summed E-state index contributed by atoms with van der Waals surface area (Å²) in [5, 5.41) is 21.4. The number of fused-ring (bicyclic) bond motifs is 1. The quantitative estimate of drug-likeness (QED) is 0.226. The number of rotatable bonds is 9. The fourth-order valence-electron chi connectivity index (χ4n) is 6.80. The number of hydrogen-bond acceptors (Lipinski definition) is 7. The van der Waals surface area contributed by atoms with E-state index in [0.717, 1.165) is 22.5 Å². The Labute approximate surface area is 291 Å². The van der Waals surface area contributed by atoms with Gasteiger partial charge in [-0.15, -0.1) is 11.3 Å². The summed E-state index contributed by atoms with van der Waals surface area (Å²) in [4.78, 5) is 46.0. The Balaban J connectivity index is 1.66. The van der Waals surface area contributed by atoms with Crippen LogP contribution in [0.4, 0.5) is 26.3 Å². The van der Waals surface area contributed by atoms with Crippen LogP contribution in [0, 0.1) is 0 Å². The number of benzene rings is 1. The monoisotopic (exact) mass is 747 g/mol. The molecular weight excluding hydrogens is 716 g/mol. The second-order valence-corrected chi connectivity index (χ2v) is 13.5. The first-order valence-corrected chi connectivity index (χ1v) is 16.9. The van der Waals surface area contributed by atoms with Crippen LogP contribution in [0.15, 0.2) is 48.0 Å². The second kappa shape index (κ2) is 14.4. The molecule has 4 atom stereocenters. The molecule has 4 heterocycles. The molecule has 2 N–H and O–H groups in total. The number of carboxylic acid groups (broad SMARTS) is 1. The second-order valence-electron chi connectivity index (χ2n) is 12.1. The van der Waals surface area contributed by atoms with Crippen molar-refractivity contribution in [2.24, 2.45) is 0 Å². The fraction of sp³-hybridized carbons (Fsp3) is 0.455. The van der Waals surface area contributed by atoms with E-state index in [1.165, 1.54) is 11.0 Å². The van der Waals surface area contributed by atoms with Gasteiger partial charge in [0.1, 0.15) is 16.3 Å². The molecule has 0 spiro atoms. The van der Waals surface area contributed by atoms with E-state index in [-0.39, 0.29) is 56.0 Å². The SMILES string of the molecule is CCC[C@H]1N(C(=O)c2ncccc2C(F)(F)F)CCC[C@@]1(Oc1csc(C(F)(F)F)c1)C(=O)N1CCc2ccc(Cl)cc2[C@@H]1CC(O)C(=O)O. The molecule has 1 fully saturated rings. The summed E-state index contributed by atoms with van der Waals surface area (Å²) in [7, 11) is 0. The maximum absolute atomic E-state index is 15.1. The van der Waals surface area contributed by atoms with E-state index >= 15 is 4.79 Å². The number of thiophene rings is 1. The molecule has 0 radical (unpaired) electrons. The molecule has 5 rings (SSSR count). The van der Waals surface area contributed by atoms with Gasteiger partial charge in [-0.25, -0.2) is 4.79 Å². The number of aliphatic hydroxyl groups excluding tert-OH is 1. The van der Waals surface area contributed by atoms with Gasteiger partial charge in [-0.3, -0.25) is 14.6 Å². The maximum Gasteiger partial charge on any atom is 0.425 e. The topological polar surface area (TPSA) is 120 Å². The van der Waals surface area contributed by atoms with E-state index in [9.17, 15) is 46.1 Å². The first-order chi connectivity index (χ1) is 23.5. The van der Waals surface area contributed by atoms with Gasteiger partial charge in [0.2, 0.25) is 5.60 Å². The van der Waals surface area contributed by atoms with E-state index < -0.39 is 76.5 Å². The Hall–Kier alpha value is -3.89. The number of pyridine rings is 1. The van der Waals surface area contributed by atoms with Gasteiger partial charge in [0.05, 0.1) is 17.6 Å². The van der Waals surface area contributed by atoms with Gasteiger partial charge in [0.25, 0.3) is 11.8 Å². The minimum absolute atomic E-state index is 0.000810. The summed E-state index contributed by atoms with van der Waals surface area (Å²) < 4.78 is 89.4. The van der Waals surface area contributed by atoms with Crippen LogP contribution < -0.4 is 4.74 Å². The zero-order valence-electron chi connectivity index (χ0n) is 26.4. The molecule has 17 heteroatoms. The minimum atomic E-state index is -4.95. The third kappa shape index (κ3) is 7.42. The highest BCUT2D eigenvalue weighted by atomic mass is 35.5. The number of carbonyl (C=O) groups is 3. The van der Waals surface area contributed by atoms with Gasteiger partial charge in [0.15, 0.2) is 6.10 Å². The van der Waals surface area contributed by atoms with Crippen LogP contribution in [0.1, 0.15) is 77.1 Å². The molecule has 9 nitrogen and oxygen atoms in total. The van der Waals surface area contributed by atoms with Crippen LogP contribution in [-0.2, 0) is 28.4 Å². The summed E-state index contributed by atoms with van der Waals surface area (Å²) in [5.74, 6) is -3.89. The Morgan fingerprint density at radius 2 is 1.84 bits per heavy atom. The standard InChI is InChI=1S/C33H32ClF6N3O6S/c1-2-5-25-31(49-20-15-26(50-17-20)33(38,39)40,10-4-12-43(25)28(45)27-22(32(35,36)37)6-3-11-41-27)30(48)42-13-9-18-7-8-19(34)14-21(18)23(42)16-24(44)29(46)47/h3,6-8,11,14-15,17,23-25,44H,2,4-5,9-10,12-13,16H2,1H3,(H,46,47)/t23-,24?,25+,31-/m0/s1. The predicted molar refractivity (Wildman–Crippen MR) is 169 cm³/mol. The molecule has 2 aromatic heterocycles. The Morgan fingerprint density at radius 3 is 2.48 bits per heavy atom. The van der Waals surface area contributed by atoms with Crippen molar-refractivity contribution in [3.05, 3.63) is 80.3 Å². The average Bonchev–Trinajstić information content (AvgIpc) is 3.54. The average molecular weight is 748 g/mol. The van der Waals surface area contributed by atoms with E-state index in [1.807, 2.05) is 0 Å². The number of aromatic nitrogens is 1. The third-order valence-electron chi connectivity index (χ3n) is 8.97. The summed E-state index contributed by atoms with van der Waals surface area (Å²) in [6.07, 6.45) is -10.8. The van der Waals surface area contributed by atoms with Gasteiger partial charge in [-0.1, -0.05) is 31.0 Å². The fourth-order valence-corrected chi connectivity index (χ4v) is 7.65. The summed E-state index contributed by atoms with van der Waals surface area (Å²) in [6.45, 7) is 1.54. The van der Waals surface area contributed by atoms with Crippen molar-refractivity contribution in [1.82, 2.24) is 14.8 Å². The molecule has 0 aliphatic carbocycles. The number of aliphatic carboxylic acids is 1. The molecule has 50 heavy (non-hydrogen) atoms. The zero-order chi connectivity index (χ0) is 36.6. The van der Waals surface area contributed by atoms with Crippen LogP contribution in [-0.4, -0.2) is 73.6 Å². The number of ether oxygens (including phenoxy) is 1. The lowest BCUT2D eigenvalue weighted by molar-refractivity contribution is -0.164. The number of carboxylic acids is 1. The number of likely N-dealkylation sites (tertiary alicyclic amines) is 1. The summed E-state index contributed by atoms with van der Waals surface area (Å²) >= 11 is 6.60. The Kier molecular flexibility index (Phi) is 10.8. The van der Waals surface area contributed by atoms with E-state index in [1.54, 1.807) is 19.1 Å². The highest BCUT2D eigenvalue weighted by molar-refractivity contribution is 7.10. The largest absolute Gasteiger partial charge is 0.479 e. The molecule has 0 bridgehead atoms. The maximum atomic E-state index is 15.1. The van der Waals surface area contributed by atoms with Crippen molar-refractivity contribution in [2.45, 2.75) is 81.6 Å². The zero-order valence-corrected chi connectivity index (χ0v) is 28.0. The number of nitrogens with zero attached hydrogens (tertiary/aromatic N) is 3. The highest BCUT2D eigenvalue weighted by Crippen LogP contribution is 2.45. The number of amides is 2. The predicted octanol–water partition coefficient (Wildman–Crippen LogP) is 7.02. The molecule has 1 aromatic carbocycles. The lowest BCUT2D eigenvalue weighted by Gasteiger charge is -2.51. The normalized spacial score (nSPS) is 21.8. The van der Waals surface area contributed by atoms with Crippen molar-refractivity contribution in [3.8, 4) is 5.75 Å². The summed E-state index contributed by atoms with van der Waals surface area (Å²) in [5.41, 5.74) is -3.22. The highest BCUT2D eigenvalue weighted by Gasteiger charge is 2.57. The lowest BCUT2D eigenvalue weighted by Crippen LogP contribution is -2.68. The van der Waals surface area contributed by atoms with Crippen molar-refractivity contribution < 1.29 is 55.7 Å². The van der Waals surface area contributed by atoms with Crippen LogP contribution in [0.5, 0.6) is 5.75 Å². The van der Waals surface area contributed by atoms with Crippen LogP contribution >= 0.6 is 22.9 Å². The molecular formula is C33H32ClF6N3O6S. The van der Waals surface area contributed by atoms with Crippen molar-refractivity contribution in [3.63, 3.8) is 0 Å². The van der Waals surface area contributed by atoms with Gasteiger partial charge < -0.3 is 24.7 Å². The van der Waals surface area contributed by atoms with E-state index in [4.69, 9.17) is 16.3 Å². The van der Waals surface area contributed by atoms with Gasteiger partial charge in [0, 0.05) is 48.6 Å².